The molecule has 1 aliphatic carbocycles. The number of likely N-dealkylation sites (tertiary alicyclic amines) is 1. The number of amides is 1. The molecule has 0 radical (unpaired) electrons. The molecule has 1 amide bonds. The van der Waals surface area contributed by atoms with Crippen LogP contribution >= 0.6 is 0 Å². The van der Waals surface area contributed by atoms with Gasteiger partial charge in [0.05, 0.1) is 5.92 Å². The molecule has 1 unspecified atom stereocenters. The fourth-order valence-corrected chi connectivity index (χ4v) is 3.98. The Bertz CT molecular complexity index is 885. The summed E-state index contributed by atoms with van der Waals surface area (Å²) < 4.78 is 16.0. The fourth-order valence-electron chi connectivity index (χ4n) is 3.98. The van der Waals surface area contributed by atoms with Crippen molar-refractivity contribution in [2.24, 2.45) is 5.92 Å². The number of aryl methyl sites for hydroxylation is 1. The van der Waals surface area contributed by atoms with Gasteiger partial charge in [-0.05, 0) is 44.2 Å². The second-order valence-corrected chi connectivity index (χ2v) is 7.02. The van der Waals surface area contributed by atoms with Crippen LogP contribution in [0.15, 0.2) is 18.2 Å². The Morgan fingerprint density at radius 2 is 2.12 bits per heavy atom. The van der Waals surface area contributed by atoms with Crippen LogP contribution in [0.2, 0.25) is 0 Å². The summed E-state index contributed by atoms with van der Waals surface area (Å²) in [7, 11) is 0. The lowest BCUT2D eigenvalue weighted by Gasteiger charge is -2.15. The third-order valence-corrected chi connectivity index (χ3v) is 5.36. The molecule has 7 heteroatoms. The molecule has 0 bridgehead atoms. The Morgan fingerprint density at radius 3 is 2.81 bits per heavy atom. The van der Waals surface area contributed by atoms with Crippen molar-refractivity contribution in [1.82, 2.24) is 14.7 Å². The van der Waals surface area contributed by atoms with Crippen molar-refractivity contribution in [3.05, 3.63) is 46.5 Å². The van der Waals surface area contributed by atoms with Gasteiger partial charge in [-0.3, -0.25) is 9.59 Å². The fraction of sp³-hybridized carbons (Fsp3) is 0.421. The molecule has 0 saturated carbocycles. The van der Waals surface area contributed by atoms with E-state index in [9.17, 15) is 14.0 Å². The molecule has 2 heterocycles. The van der Waals surface area contributed by atoms with Crippen molar-refractivity contribution in [2.45, 2.75) is 32.6 Å². The molecule has 1 aliphatic heterocycles. The molecule has 1 aromatic carbocycles. The van der Waals surface area contributed by atoms with Crippen molar-refractivity contribution in [2.75, 3.05) is 13.1 Å². The second-order valence-electron chi connectivity index (χ2n) is 7.02. The molecular weight excluding hydrogens is 337 g/mol. The number of halogens is 1. The number of nitrogens with zero attached hydrogens (tertiary/aromatic N) is 3. The van der Waals surface area contributed by atoms with Crippen LogP contribution in [-0.2, 0) is 17.6 Å². The third kappa shape index (κ3) is 2.58. The molecule has 6 nitrogen and oxygen atoms in total. The molecule has 136 valence electrons. The number of hydrogen-bond acceptors (Lipinski definition) is 3. The molecule has 1 fully saturated rings. The van der Waals surface area contributed by atoms with Gasteiger partial charge in [-0.1, -0.05) is 12.1 Å². The van der Waals surface area contributed by atoms with Crippen LogP contribution < -0.4 is 0 Å². The summed E-state index contributed by atoms with van der Waals surface area (Å²) in [6.45, 7) is 2.44. The number of carbonyl (C=O) groups is 2. The van der Waals surface area contributed by atoms with E-state index in [1.807, 2.05) is 13.0 Å². The number of carbonyl (C=O) groups excluding carboxylic acids is 1. The summed E-state index contributed by atoms with van der Waals surface area (Å²) in [6, 6.07) is 4.87. The molecule has 1 N–H and O–H groups in total. The van der Waals surface area contributed by atoms with E-state index < -0.39 is 11.9 Å². The van der Waals surface area contributed by atoms with Crippen molar-refractivity contribution in [3.8, 4) is 5.69 Å². The van der Waals surface area contributed by atoms with Gasteiger partial charge in [-0.25, -0.2) is 9.07 Å². The van der Waals surface area contributed by atoms with Gasteiger partial charge in [0.2, 0.25) is 0 Å². The van der Waals surface area contributed by atoms with Gasteiger partial charge in [-0.2, -0.15) is 5.10 Å². The van der Waals surface area contributed by atoms with E-state index in [1.165, 1.54) is 6.07 Å². The van der Waals surface area contributed by atoms with Gasteiger partial charge in [0.15, 0.2) is 5.69 Å². The van der Waals surface area contributed by atoms with Crippen LogP contribution in [0.25, 0.3) is 5.69 Å². The number of fused-ring (bicyclic) bond motifs is 1. The first-order valence-corrected chi connectivity index (χ1v) is 8.85. The normalized spacial score (nSPS) is 19.0. The molecule has 0 spiro atoms. The number of benzene rings is 1. The summed E-state index contributed by atoms with van der Waals surface area (Å²) in [5.74, 6) is -2.02. The monoisotopic (exact) mass is 357 g/mol. The van der Waals surface area contributed by atoms with Crippen molar-refractivity contribution in [1.29, 1.82) is 0 Å². The number of rotatable bonds is 3. The van der Waals surface area contributed by atoms with E-state index in [4.69, 9.17) is 5.11 Å². The first-order valence-electron chi connectivity index (χ1n) is 8.85. The highest BCUT2D eigenvalue weighted by Crippen LogP contribution is 2.31. The van der Waals surface area contributed by atoms with Crippen molar-refractivity contribution < 1.29 is 19.1 Å². The van der Waals surface area contributed by atoms with Gasteiger partial charge < -0.3 is 10.0 Å². The number of aromatic nitrogens is 2. The van der Waals surface area contributed by atoms with Crippen molar-refractivity contribution >= 4 is 11.9 Å². The van der Waals surface area contributed by atoms with Crippen LogP contribution in [0.5, 0.6) is 0 Å². The maximum absolute atomic E-state index is 14.4. The lowest BCUT2D eigenvalue weighted by molar-refractivity contribution is -0.141. The molecule has 1 aromatic heterocycles. The molecular formula is C19H20FN3O3. The number of hydrogen-bond donors (Lipinski definition) is 1. The summed E-state index contributed by atoms with van der Waals surface area (Å²) in [4.78, 5) is 25.7. The zero-order valence-electron chi connectivity index (χ0n) is 14.5. The molecule has 2 aliphatic rings. The molecule has 2 aromatic rings. The van der Waals surface area contributed by atoms with Gasteiger partial charge in [0, 0.05) is 24.3 Å². The van der Waals surface area contributed by atoms with Crippen LogP contribution in [-0.4, -0.2) is 44.8 Å². The van der Waals surface area contributed by atoms with Gasteiger partial charge in [-0.15, -0.1) is 0 Å². The lowest BCUT2D eigenvalue weighted by atomic mass is 10.1. The highest BCUT2D eigenvalue weighted by atomic mass is 19.1. The Kier molecular flexibility index (Phi) is 4.01. The topological polar surface area (TPSA) is 75.4 Å². The Hall–Kier alpha value is -2.70. The van der Waals surface area contributed by atoms with Crippen molar-refractivity contribution in [3.63, 3.8) is 0 Å². The number of carboxylic acids is 1. The smallest absolute Gasteiger partial charge is 0.308 e. The zero-order chi connectivity index (χ0) is 18.4. The Labute approximate surface area is 150 Å². The standard InChI is InChI=1S/C19H20FN3O3/c1-11-4-2-6-14(20)17(11)23-15-7-3-5-13(15)16(21-23)18(24)22-9-8-12(10-22)19(25)26/h2,4,6,12H,3,5,7-10H2,1H3,(H,25,26). The quantitative estimate of drug-likeness (QED) is 0.915. The Balaban J connectivity index is 1.73. The summed E-state index contributed by atoms with van der Waals surface area (Å²) >= 11 is 0. The third-order valence-electron chi connectivity index (χ3n) is 5.36. The highest BCUT2D eigenvalue weighted by Gasteiger charge is 2.35. The van der Waals surface area contributed by atoms with Crippen LogP contribution in [0, 0.1) is 18.7 Å². The van der Waals surface area contributed by atoms with Gasteiger partial charge in [0.1, 0.15) is 11.5 Å². The SMILES string of the molecule is Cc1cccc(F)c1-n1nc(C(=O)N2CCC(C(=O)O)C2)c2c1CCC2. The van der Waals surface area contributed by atoms with E-state index in [0.29, 0.717) is 24.3 Å². The highest BCUT2D eigenvalue weighted by molar-refractivity contribution is 5.95. The first-order chi connectivity index (χ1) is 12.5. The largest absolute Gasteiger partial charge is 0.481 e. The molecule has 1 atom stereocenters. The zero-order valence-corrected chi connectivity index (χ0v) is 14.5. The molecule has 1 saturated heterocycles. The van der Waals surface area contributed by atoms with Gasteiger partial charge in [0.25, 0.3) is 5.91 Å². The molecule has 26 heavy (non-hydrogen) atoms. The average molecular weight is 357 g/mol. The van der Waals surface area contributed by atoms with Gasteiger partial charge >= 0.3 is 5.97 Å². The summed E-state index contributed by atoms with van der Waals surface area (Å²) in [5, 5.41) is 13.6. The van der Waals surface area contributed by atoms with Crippen LogP contribution in [0.3, 0.4) is 0 Å². The Morgan fingerprint density at radius 1 is 1.31 bits per heavy atom. The van der Waals surface area contributed by atoms with E-state index in [1.54, 1.807) is 15.6 Å². The van der Waals surface area contributed by atoms with E-state index >= 15 is 0 Å². The lowest BCUT2D eigenvalue weighted by Crippen LogP contribution is -2.31. The van der Waals surface area contributed by atoms with E-state index in [0.717, 1.165) is 36.1 Å². The summed E-state index contributed by atoms with van der Waals surface area (Å²) in [6.07, 6.45) is 2.84. The minimum Gasteiger partial charge on any atom is -0.481 e. The number of carboxylic acid groups (broad SMARTS) is 1. The van der Waals surface area contributed by atoms with Crippen LogP contribution in [0.1, 0.15) is 40.2 Å². The second kappa shape index (κ2) is 6.23. The van der Waals surface area contributed by atoms with Crippen LogP contribution in [0.4, 0.5) is 4.39 Å². The summed E-state index contributed by atoms with van der Waals surface area (Å²) in [5.41, 5.74) is 3.24. The minimum absolute atomic E-state index is 0.203. The predicted octanol–water partition coefficient (Wildman–Crippen LogP) is 2.36. The maximum Gasteiger partial charge on any atom is 0.308 e. The van der Waals surface area contributed by atoms with E-state index in [2.05, 4.69) is 5.10 Å². The first kappa shape index (κ1) is 16.8. The number of aliphatic carboxylic acids is 1. The minimum atomic E-state index is -0.877. The number of para-hydroxylation sites is 1. The average Bonchev–Trinajstić information content (AvgIpc) is 3.31. The van der Waals surface area contributed by atoms with E-state index in [-0.39, 0.29) is 18.3 Å². The molecule has 4 rings (SSSR count). The predicted molar refractivity (Wildman–Crippen MR) is 91.9 cm³/mol. The maximum atomic E-state index is 14.4.